The van der Waals surface area contributed by atoms with Crippen LogP contribution < -0.4 is 0 Å². The second-order valence-corrected chi connectivity index (χ2v) is 4.56. The maximum Gasteiger partial charge on any atom is 0.106 e. The first-order chi connectivity index (χ1) is 6.18. The Bertz CT molecular complexity index is 466. The molecule has 3 heteroatoms. The summed E-state index contributed by atoms with van der Waals surface area (Å²) in [6.45, 7) is 2.06. The lowest BCUT2D eigenvalue weighted by Gasteiger charge is -2.03. The first-order valence-corrected chi connectivity index (χ1v) is 5.48. The molecule has 0 radical (unpaired) electrons. The van der Waals surface area contributed by atoms with E-state index >= 15 is 0 Å². The Hall–Kier alpha value is -0.410. The normalized spacial score (nSPS) is 10.7. The van der Waals surface area contributed by atoms with Gasteiger partial charge in [-0.05, 0) is 46.6 Å². The third-order valence-electron chi connectivity index (χ3n) is 1.97. The van der Waals surface area contributed by atoms with Gasteiger partial charge in [-0.1, -0.05) is 22.0 Å². The molecule has 0 aliphatic rings. The van der Waals surface area contributed by atoms with Crippen molar-refractivity contribution in [3.8, 4) is 0 Å². The summed E-state index contributed by atoms with van der Waals surface area (Å²) < 4.78 is 1.97. The van der Waals surface area contributed by atoms with Crippen LogP contribution >= 0.6 is 31.9 Å². The molecule has 1 nitrogen and oxygen atoms in total. The molecule has 0 saturated heterocycles. The van der Waals surface area contributed by atoms with E-state index in [1.165, 1.54) is 5.56 Å². The predicted octanol–water partition coefficient (Wildman–Crippen LogP) is 4.07. The Kier molecular flexibility index (Phi) is 2.39. The minimum atomic E-state index is 0.876. The highest BCUT2D eigenvalue weighted by Crippen LogP contribution is 2.26. The summed E-state index contributed by atoms with van der Waals surface area (Å²) in [5.74, 6) is 0. The van der Waals surface area contributed by atoms with Gasteiger partial charge in [0.25, 0.3) is 0 Å². The number of aryl methyl sites for hydroxylation is 1. The number of rotatable bonds is 0. The fourth-order valence-electron chi connectivity index (χ4n) is 1.30. The second kappa shape index (κ2) is 3.39. The molecule has 2 aromatic rings. The zero-order valence-corrected chi connectivity index (χ0v) is 10.2. The SMILES string of the molecule is Cc1ccc(Br)c2ccc(Br)nc12. The van der Waals surface area contributed by atoms with Crippen LogP contribution in [-0.2, 0) is 0 Å². The van der Waals surface area contributed by atoms with Crippen LogP contribution in [0.15, 0.2) is 33.3 Å². The van der Waals surface area contributed by atoms with Crippen LogP contribution in [0.1, 0.15) is 5.56 Å². The lowest BCUT2D eigenvalue weighted by molar-refractivity contribution is 1.32. The van der Waals surface area contributed by atoms with Crippen LogP contribution in [0.4, 0.5) is 0 Å². The molecule has 0 aliphatic carbocycles. The van der Waals surface area contributed by atoms with Gasteiger partial charge >= 0.3 is 0 Å². The van der Waals surface area contributed by atoms with E-state index < -0.39 is 0 Å². The first kappa shape index (κ1) is 9.16. The van der Waals surface area contributed by atoms with E-state index in [1.807, 2.05) is 12.1 Å². The molecule has 2 rings (SSSR count). The average Bonchev–Trinajstić information content (AvgIpc) is 2.12. The minimum Gasteiger partial charge on any atom is -0.241 e. The largest absolute Gasteiger partial charge is 0.241 e. The van der Waals surface area contributed by atoms with Crippen molar-refractivity contribution in [3.05, 3.63) is 38.9 Å². The van der Waals surface area contributed by atoms with E-state index in [4.69, 9.17) is 0 Å². The van der Waals surface area contributed by atoms with Gasteiger partial charge in [-0.2, -0.15) is 0 Å². The molecular weight excluding hydrogens is 294 g/mol. The highest BCUT2D eigenvalue weighted by Gasteiger charge is 2.02. The Labute approximate surface area is 93.4 Å². The molecule has 0 unspecified atom stereocenters. The predicted molar refractivity (Wildman–Crippen MR) is 61.9 cm³/mol. The minimum absolute atomic E-state index is 0.876. The molecule has 0 atom stereocenters. The Morgan fingerprint density at radius 3 is 2.62 bits per heavy atom. The summed E-state index contributed by atoms with van der Waals surface area (Å²) in [7, 11) is 0. The van der Waals surface area contributed by atoms with Gasteiger partial charge in [-0.3, -0.25) is 0 Å². The number of halogens is 2. The van der Waals surface area contributed by atoms with E-state index in [1.54, 1.807) is 0 Å². The van der Waals surface area contributed by atoms with Gasteiger partial charge in [0, 0.05) is 9.86 Å². The van der Waals surface area contributed by atoms with Crippen LogP contribution in [0.2, 0.25) is 0 Å². The van der Waals surface area contributed by atoms with Gasteiger partial charge in [0.1, 0.15) is 4.60 Å². The summed E-state index contributed by atoms with van der Waals surface area (Å²) in [5, 5.41) is 1.16. The van der Waals surface area contributed by atoms with Gasteiger partial charge in [0.05, 0.1) is 5.52 Å². The molecule has 0 spiro atoms. The van der Waals surface area contributed by atoms with E-state index in [9.17, 15) is 0 Å². The van der Waals surface area contributed by atoms with Gasteiger partial charge in [0.2, 0.25) is 0 Å². The molecule has 0 aliphatic heterocycles. The first-order valence-electron chi connectivity index (χ1n) is 3.90. The monoisotopic (exact) mass is 299 g/mol. The lowest BCUT2D eigenvalue weighted by atomic mass is 10.1. The van der Waals surface area contributed by atoms with E-state index in [0.717, 1.165) is 20.0 Å². The number of hydrogen-bond donors (Lipinski definition) is 0. The van der Waals surface area contributed by atoms with Crippen LogP contribution in [-0.4, -0.2) is 4.98 Å². The van der Waals surface area contributed by atoms with Crippen molar-refractivity contribution in [3.63, 3.8) is 0 Å². The van der Waals surface area contributed by atoms with E-state index in [2.05, 4.69) is 55.9 Å². The maximum atomic E-state index is 4.42. The highest BCUT2D eigenvalue weighted by atomic mass is 79.9. The van der Waals surface area contributed by atoms with E-state index in [0.29, 0.717) is 0 Å². The average molecular weight is 301 g/mol. The fraction of sp³-hybridized carbons (Fsp3) is 0.100. The Morgan fingerprint density at radius 2 is 1.85 bits per heavy atom. The zero-order chi connectivity index (χ0) is 9.42. The molecule has 1 aromatic carbocycles. The molecule has 0 N–H and O–H groups in total. The van der Waals surface area contributed by atoms with Crippen molar-refractivity contribution in [1.82, 2.24) is 4.98 Å². The van der Waals surface area contributed by atoms with Crippen molar-refractivity contribution < 1.29 is 0 Å². The standard InChI is InChI=1S/C10H7Br2N/c1-6-2-4-8(11)7-3-5-9(12)13-10(6)7/h2-5H,1H3. The van der Waals surface area contributed by atoms with Crippen LogP contribution in [0.3, 0.4) is 0 Å². The number of nitrogens with zero attached hydrogens (tertiary/aromatic N) is 1. The molecule has 1 aromatic heterocycles. The third kappa shape index (κ3) is 1.63. The van der Waals surface area contributed by atoms with Crippen LogP contribution in [0.5, 0.6) is 0 Å². The van der Waals surface area contributed by atoms with Crippen LogP contribution in [0.25, 0.3) is 10.9 Å². The molecule has 0 fully saturated rings. The molecule has 0 saturated carbocycles. The summed E-state index contributed by atoms with van der Waals surface area (Å²) in [5.41, 5.74) is 2.24. The molecule has 0 bridgehead atoms. The summed E-state index contributed by atoms with van der Waals surface area (Å²) >= 11 is 6.86. The van der Waals surface area contributed by atoms with Crippen molar-refractivity contribution >= 4 is 42.8 Å². The van der Waals surface area contributed by atoms with Gasteiger partial charge in [0.15, 0.2) is 0 Å². The topological polar surface area (TPSA) is 12.9 Å². The molecule has 1 heterocycles. The third-order valence-corrected chi connectivity index (χ3v) is 3.10. The number of benzene rings is 1. The number of fused-ring (bicyclic) bond motifs is 1. The van der Waals surface area contributed by atoms with Gasteiger partial charge < -0.3 is 0 Å². The zero-order valence-electron chi connectivity index (χ0n) is 7.01. The molecule has 13 heavy (non-hydrogen) atoms. The second-order valence-electron chi connectivity index (χ2n) is 2.89. The summed E-state index contributed by atoms with van der Waals surface area (Å²) in [4.78, 5) is 4.42. The van der Waals surface area contributed by atoms with Crippen LogP contribution in [0, 0.1) is 6.92 Å². The van der Waals surface area contributed by atoms with Crippen molar-refractivity contribution in [1.29, 1.82) is 0 Å². The fourth-order valence-corrected chi connectivity index (χ4v) is 2.06. The van der Waals surface area contributed by atoms with E-state index in [-0.39, 0.29) is 0 Å². The maximum absolute atomic E-state index is 4.42. The number of hydrogen-bond acceptors (Lipinski definition) is 1. The summed E-state index contributed by atoms with van der Waals surface area (Å²) in [6.07, 6.45) is 0. The molecule has 66 valence electrons. The van der Waals surface area contributed by atoms with Gasteiger partial charge in [-0.15, -0.1) is 0 Å². The molecule has 0 amide bonds. The highest BCUT2D eigenvalue weighted by molar-refractivity contribution is 9.11. The van der Waals surface area contributed by atoms with Crippen molar-refractivity contribution in [2.24, 2.45) is 0 Å². The molecular formula is C10H7Br2N. The smallest absolute Gasteiger partial charge is 0.106 e. The number of pyridine rings is 1. The lowest BCUT2D eigenvalue weighted by Crippen LogP contribution is -1.84. The number of aromatic nitrogens is 1. The Morgan fingerprint density at radius 1 is 1.08 bits per heavy atom. The summed E-state index contributed by atoms with van der Waals surface area (Å²) in [6, 6.07) is 8.12. The quantitative estimate of drug-likeness (QED) is 0.668. The van der Waals surface area contributed by atoms with Crippen molar-refractivity contribution in [2.75, 3.05) is 0 Å². The Balaban J connectivity index is 2.92. The van der Waals surface area contributed by atoms with Crippen molar-refractivity contribution in [2.45, 2.75) is 6.92 Å². The van der Waals surface area contributed by atoms with Gasteiger partial charge in [-0.25, -0.2) is 4.98 Å².